The van der Waals surface area contributed by atoms with Crippen molar-refractivity contribution in [1.82, 2.24) is 4.90 Å². The lowest BCUT2D eigenvalue weighted by atomic mass is 9.99. The Labute approximate surface area is 189 Å². The van der Waals surface area contributed by atoms with Crippen LogP contribution in [-0.4, -0.2) is 53.1 Å². The number of rotatable bonds is 5. The predicted octanol–water partition coefficient (Wildman–Crippen LogP) is 4.81. The van der Waals surface area contributed by atoms with Crippen molar-refractivity contribution in [2.24, 2.45) is 9.98 Å². The Balaban J connectivity index is 1.45. The van der Waals surface area contributed by atoms with Gasteiger partial charge in [0.1, 0.15) is 5.04 Å². The fourth-order valence-corrected chi connectivity index (χ4v) is 4.76. The summed E-state index contributed by atoms with van der Waals surface area (Å²) in [5, 5.41) is 3.88. The number of anilines is 1. The van der Waals surface area contributed by atoms with Gasteiger partial charge in [-0.1, -0.05) is 68.1 Å². The maximum absolute atomic E-state index is 12.6. The number of carbonyl (C=O) groups excluding carboxylic acids is 1. The number of aliphatic imine (C=N–C) groups is 2. The first-order valence-electron chi connectivity index (χ1n) is 10.9. The molecular weight excluding hydrogens is 404 g/mol. The number of thioether (sulfide) groups is 1. The van der Waals surface area contributed by atoms with Crippen LogP contribution in [0, 0.1) is 0 Å². The molecule has 1 amide bonds. The normalized spacial score (nSPS) is 18.2. The fourth-order valence-electron chi connectivity index (χ4n) is 3.89. The van der Waals surface area contributed by atoms with E-state index in [1.54, 1.807) is 0 Å². The largest absolute Gasteiger partial charge is 0.325 e. The first kappa shape index (κ1) is 21.8. The molecule has 2 aromatic rings. The van der Waals surface area contributed by atoms with Crippen LogP contribution in [0.4, 0.5) is 5.69 Å². The molecule has 0 atom stereocenters. The van der Waals surface area contributed by atoms with Crippen molar-refractivity contribution in [3.8, 4) is 0 Å². The van der Waals surface area contributed by atoms with Crippen molar-refractivity contribution in [2.75, 3.05) is 31.2 Å². The minimum absolute atomic E-state index is 0.0262. The van der Waals surface area contributed by atoms with Crippen LogP contribution in [0.5, 0.6) is 0 Å². The molecule has 5 nitrogen and oxygen atoms in total. The van der Waals surface area contributed by atoms with E-state index in [1.807, 2.05) is 30.3 Å². The van der Waals surface area contributed by atoms with Crippen LogP contribution in [0.2, 0.25) is 0 Å². The van der Waals surface area contributed by atoms with Gasteiger partial charge in [0.05, 0.1) is 11.5 Å². The molecule has 1 fully saturated rings. The SMILES string of the molecule is CC(C)c1ccc(NC(=O)CSC2=NC3(CCN(C)CC3)N=C2c2ccccc2)cc1. The number of hydrogen-bond acceptors (Lipinski definition) is 5. The zero-order valence-electron chi connectivity index (χ0n) is 18.5. The number of amides is 1. The standard InChI is InChI=1S/C25H30N4OS/c1-18(2)19-9-11-21(12-10-19)26-22(30)17-31-24-23(20-7-5-4-6-8-20)27-25(28-24)13-15-29(3)16-14-25/h4-12,18H,13-17H2,1-3H3,(H,26,30). The summed E-state index contributed by atoms with van der Waals surface area (Å²) in [5.41, 5.74) is 3.70. The number of nitrogens with zero attached hydrogens (tertiary/aromatic N) is 3. The van der Waals surface area contributed by atoms with Gasteiger partial charge < -0.3 is 10.2 Å². The van der Waals surface area contributed by atoms with Gasteiger partial charge >= 0.3 is 0 Å². The lowest BCUT2D eigenvalue weighted by molar-refractivity contribution is -0.113. The van der Waals surface area contributed by atoms with Crippen molar-refractivity contribution in [3.63, 3.8) is 0 Å². The number of benzene rings is 2. The monoisotopic (exact) mass is 434 g/mol. The van der Waals surface area contributed by atoms with Crippen LogP contribution in [0.25, 0.3) is 0 Å². The van der Waals surface area contributed by atoms with Gasteiger partial charge in [0.15, 0.2) is 5.66 Å². The van der Waals surface area contributed by atoms with Gasteiger partial charge in [-0.15, -0.1) is 0 Å². The molecule has 0 unspecified atom stereocenters. The molecule has 0 aliphatic carbocycles. The molecule has 2 aromatic carbocycles. The smallest absolute Gasteiger partial charge is 0.234 e. The Morgan fingerprint density at radius 1 is 1.06 bits per heavy atom. The third-order valence-electron chi connectivity index (χ3n) is 5.87. The molecule has 6 heteroatoms. The van der Waals surface area contributed by atoms with Gasteiger partial charge in [0.2, 0.25) is 5.91 Å². The van der Waals surface area contributed by atoms with Crippen molar-refractivity contribution in [2.45, 2.75) is 38.3 Å². The van der Waals surface area contributed by atoms with Gasteiger partial charge in [0.25, 0.3) is 0 Å². The second-order valence-electron chi connectivity index (χ2n) is 8.64. The summed E-state index contributed by atoms with van der Waals surface area (Å²) in [4.78, 5) is 25.1. The van der Waals surface area contributed by atoms with E-state index in [0.29, 0.717) is 11.7 Å². The fraction of sp³-hybridized carbons (Fsp3) is 0.400. The molecule has 1 N–H and O–H groups in total. The third-order valence-corrected chi connectivity index (χ3v) is 6.83. The van der Waals surface area contributed by atoms with Crippen molar-refractivity contribution >= 4 is 34.1 Å². The molecule has 162 valence electrons. The van der Waals surface area contributed by atoms with Crippen LogP contribution in [0.15, 0.2) is 64.6 Å². The molecule has 31 heavy (non-hydrogen) atoms. The Morgan fingerprint density at radius 3 is 2.39 bits per heavy atom. The molecule has 2 aliphatic rings. The first-order chi connectivity index (χ1) is 14.9. The average Bonchev–Trinajstić information content (AvgIpc) is 3.14. The maximum Gasteiger partial charge on any atom is 0.234 e. The molecule has 0 aromatic heterocycles. The van der Waals surface area contributed by atoms with E-state index in [0.717, 1.165) is 47.9 Å². The lowest BCUT2D eigenvalue weighted by Crippen LogP contribution is -2.39. The summed E-state index contributed by atoms with van der Waals surface area (Å²) in [7, 11) is 2.14. The van der Waals surface area contributed by atoms with Crippen molar-refractivity contribution < 1.29 is 4.79 Å². The Kier molecular flexibility index (Phi) is 6.58. The topological polar surface area (TPSA) is 57.1 Å². The molecule has 0 saturated carbocycles. The number of carbonyl (C=O) groups is 1. The third kappa shape index (κ3) is 5.25. The highest BCUT2D eigenvalue weighted by Gasteiger charge is 2.39. The summed E-state index contributed by atoms with van der Waals surface area (Å²) in [6.07, 6.45) is 1.83. The van der Waals surface area contributed by atoms with E-state index in [2.05, 4.69) is 55.4 Å². The van der Waals surface area contributed by atoms with Gasteiger partial charge in [-0.05, 0) is 30.7 Å². The molecule has 2 aliphatic heterocycles. The highest BCUT2D eigenvalue weighted by atomic mass is 32.2. The van der Waals surface area contributed by atoms with E-state index in [1.165, 1.54) is 17.3 Å². The zero-order valence-corrected chi connectivity index (χ0v) is 19.3. The zero-order chi connectivity index (χ0) is 21.8. The van der Waals surface area contributed by atoms with Crippen LogP contribution >= 0.6 is 11.8 Å². The maximum atomic E-state index is 12.6. The molecule has 1 spiro atoms. The molecular formula is C25H30N4OS. The minimum Gasteiger partial charge on any atom is -0.325 e. The summed E-state index contributed by atoms with van der Waals surface area (Å²) in [6.45, 7) is 6.30. The van der Waals surface area contributed by atoms with Crippen molar-refractivity contribution in [1.29, 1.82) is 0 Å². The average molecular weight is 435 g/mol. The molecule has 4 rings (SSSR count). The van der Waals surface area contributed by atoms with E-state index < -0.39 is 0 Å². The number of hydrogen-bond donors (Lipinski definition) is 1. The quantitative estimate of drug-likeness (QED) is 0.735. The second kappa shape index (κ2) is 9.37. The van der Waals surface area contributed by atoms with E-state index in [-0.39, 0.29) is 11.6 Å². The van der Waals surface area contributed by atoms with E-state index in [9.17, 15) is 4.79 Å². The number of nitrogens with one attached hydrogen (secondary N) is 1. The molecule has 0 bridgehead atoms. The first-order valence-corrected chi connectivity index (χ1v) is 11.9. The Hall–Kier alpha value is -2.44. The van der Waals surface area contributed by atoms with Crippen LogP contribution < -0.4 is 5.32 Å². The second-order valence-corrected chi connectivity index (χ2v) is 9.61. The van der Waals surface area contributed by atoms with Gasteiger partial charge in [-0.3, -0.25) is 9.79 Å². The summed E-state index contributed by atoms with van der Waals surface area (Å²) < 4.78 is 0. The van der Waals surface area contributed by atoms with Gasteiger partial charge in [-0.2, -0.15) is 0 Å². The summed E-state index contributed by atoms with van der Waals surface area (Å²) in [6, 6.07) is 18.3. The molecule has 2 heterocycles. The Bertz CT molecular complexity index is 974. The van der Waals surface area contributed by atoms with Crippen molar-refractivity contribution in [3.05, 3.63) is 65.7 Å². The molecule has 0 radical (unpaired) electrons. The predicted molar refractivity (Wildman–Crippen MR) is 131 cm³/mol. The van der Waals surface area contributed by atoms with E-state index in [4.69, 9.17) is 9.98 Å². The van der Waals surface area contributed by atoms with Gasteiger partial charge in [0, 0.05) is 37.2 Å². The minimum atomic E-state index is -0.372. The number of piperidine rings is 1. The number of likely N-dealkylation sites (tertiary alicyclic amines) is 1. The van der Waals surface area contributed by atoms with E-state index >= 15 is 0 Å². The summed E-state index contributed by atoms with van der Waals surface area (Å²) in [5.74, 6) is 0.761. The highest BCUT2D eigenvalue weighted by Crippen LogP contribution is 2.35. The van der Waals surface area contributed by atoms with Crippen LogP contribution in [0.3, 0.4) is 0 Å². The Morgan fingerprint density at radius 2 is 1.74 bits per heavy atom. The summed E-state index contributed by atoms with van der Waals surface area (Å²) >= 11 is 1.48. The van der Waals surface area contributed by atoms with Gasteiger partial charge in [-0.25, -0.2) is 4.99 Å². The lowest BCUT2D eigenvalue weighted by Gasteiger charge is -2.33. The van der Waals surface area contributed by atoms with Crippen LogP contribution in [0.1, 0.15) is 43.7 Å². The molecule has 1 saturated heterocycles. The van der Waals surface area contributed by atoms with Crippen LogP contribution in [-0.2, 0) is 4.79 Å². The highest BCUT2D eigenvalue weighted by molar-refractivity contribution is 8.16.